The van der Waals surface area contributed by atoms with Gasteiger partial charge in [-0.3, -0.25) is 0 Å². The molecule has 0 N–H and O–H groups in total. The topological polar surface area (TPSA) is 29.0 Å². The molecule has 0 fully saturated rings. The normalized spacial score (nSPS) is 10.9. The van der Waals surface area contributed by atoms with E-state index in [1.807, 2.05) is 6.07 Å². The lowest BCUT2D eigenvalue weighted by Gasteiger charge is -2.27. The second-order valence-corrected chi connectivity index (χ2v) is 12.3. The van der Waals surface area contributed by atoms with Crippen LogP contribution in [0.25, 0.3) is 55.3 Å². The number of anilines is 3. The Morgan fingerprint density at radius 1 is 0.333 bits per heavy atom. The average Bonchev–Trinajstić information content (AvgIpc) is 3.68. The van der Waals surface area contributed by atoms with E-state index < -0.39 is 0 Å². The van der Waals surface area contributed by atoms with Crippen LogP contribution in [-0.4, -0.2) is 9.36 Å². The summed E-state index contributed by atoms with van der Waals surface area (Å²) in [5, 5.41) is 0.882. The summed E-state index contributed by atoms with van der Waals surface area (Å²) in [5.74, 6) is 0.737. The van der Waals surface area contributed by atoms with E-state index in [1.54, 1.807) is 0 Å². The first-order valence-electron chi connectivity index (χ1n) is 16.0. The SMILES string of the molecule is c1ccc(-c2cccc(-c3nsc(-c4cccc(N(c5cccc(-c6ccccc6)c5)c5cccc(-c6ccccc6)c5)c4)n3)c2)cc1. The van der Waals surface area contributed by atoms with Crippen molar-refractivity contribution in [3.63, 3.8) is 0 Å². The summed E-state index contributed by atoms with van der Waals surface area (Å²) in [6, 6.07) is 66.0. The van der Waals surface area contributed by atoms with Crippen LogP contribution in [0.4, 0.5) is 17.1 Å². The number of benzene rings is 7. The van der Waals surface area contributed by atoms with Crippen LogP contribution in [0.3, 0.4) is 0 Å². The molecule has 0 aliphatic carbocycles. The maximum atomic E-state index is 5.03. The van der Waals surface area contributed by atoms with Crippen molar-refractivity contribution in [2.45, 2.75) is 0 Å². The van der Waals surface area contributed by atoms with Gasteiger partial charge >= 0.3 is 0 Å². The Morgan fingerprint density at radius 2 is 0.708 bits per heavy atom. The van der Waals surface area contributed by atoms with Gasteiger partial charge in [0.2, 0.25) is 0 Å². The Hall–Kier alpha value is -6.10. The lowest BCUT2D eigenvalue weighted by molar-refractivity contribution is 1.28. The first kappa shape index (κ1) is 29.3. The lowest BCUT2D eigenvalue weighted by atomic mass is 10.0. The van der Waals surface area contributed by atoms with Crippen molar-refractivity contribution in [1.29, 1.82) is 0 Å². The lowest BCUT2D eigenvalue weighted by Crippen LogP contribution is -2.10. The van der Waals surface area contributed by atoms with Crippen LogP contribution < -0.4 is 4.90 Å². The summed E-state index contributed by atoms with van der Waals surface area (Å²) < 4.78 is 4.80. The second-order valence-electron chi connectivity index (χ2n) is 11.6. The van der Waals surface area contributed by atoms with Gasteiger partial charge in [-0.25, -0.2) is 4.98 Å². The van der Waals surface area contributed by atoms with Crippen molar-refractivity contribution < 1.29 is 0 Å². The van der Waals surface area contributed by atoms with Crippen LogP contribution in [0.5, 0.6) is 0 Å². The van der Waals surface area contributed by atoms with E-state index in [-0.39, 0.29) is 0 Å². The molecule has 48 heavy (non-hydrogen) atoms. The van der Waals surface area contributed by atoms with Crippen molar-refractivity contribution in [2.24, 2.45) is 0 Å². The molecule has 4 heteroatoms. The smallest absolute Gasteiger partial charge is 0.173 e. The predicted octanol–water partition coefficient (Wildman–Crippen LogP) is 12.3. The molecule has 0 radical (unpaired) electrons. The molecule has 0 spiro atoms. The number of hydrogen-bond acceptors (Lipinski definition) is 4. The fourth-order valence-electron chi connectivity index (χ4n) is 6.06. The van der Waals surface area contributed by atoms with E-state index in [0.717, 1.165) is 44.6 Å². The molecule has 0 bridgehead atoms. The highest BCUT2D eigenvalue weighted by atomic mass is 32.1. The maximum absolute atomic E-state index is 5.03. The van der Waals surface area contributed by atoms with Gasteiger partial charge in [-0.2, -0.15) is 4.37 Å². The largest absolute Gasteiger partial charge is 0.310 e. The molecule has 7 aromatic carbocycles. The fourth-order valence-corrected chi connectivity index (χ4v) is 6.74. The van der Waals surface area contributed by atoms with Crippen LogP contribution in [0, 0.1) is 0 Å². The van der Waals surface area contributed by atoms with E-state index in [4.69, 9.17) is 9.36 Å². The number of rotatable bonds is 8. The molecule has 228 valence electrons. The molecule has 0 saturated heterocycles. The molecule has 1 aromatic heterocycles. The van der Waals surface area contributed by atoms with Gasteiger partial charge in [-0.1, -0.05) is 146 Å². The summed E-state index contributed by atoms with van der Waals surface area (Å²) >= 11 is 1.43. The van der Waals surface area contributed by atoms with Gasteiger partial charge in [0, 0.05) is 28.2 Å². The van der Waals surface area contributed by atoms with E-state index in [1.165, 1.54) is 39.3 Å². The van der Waals surface area contributed by atoms with Crippen molar-refractivity contribution in [1.82, 2.24) is 9.36 Å². The molecule has 0 aliphatic rings. The highest BCUT2D eigenvalue weighted by Gasteiger charge is 2.17. The maximum Gasteiger partial charge on any atom is 0.173 e. The molecule has 0 saturated carbocycles. The molecule has 0 unspecified atom stereocenters. The standard InChI is InChI=1S/C44H31N3S/c1-4-14-32(15-5-1)35-20-10-23-38(28-35)43-45-44(48-46-43)39-24-13-27-42(31-39)47(40-25-11-21-36(29-40)33-16-6-2-7-17-33)41-26-12-22-37(30-41)34-18-8-3-9-19-34/h1-31H. The Morgan fingerprint density at radius 3 is 1.21 bits per heavy atom. The molecule has 0 amide bonds. The van der Waals surface area contributed by atoms with Crippen molar-refractivity contribution in [2.75, 3.05) is 4.90 Å². The highest BCUT2D eigenvalue weighted by molar-refractivity contribution is 7.09. The van der Waals surface area contributed by atoms with E-state index in [9.17, 15) is 0 Å². The minimum atomic E-state index is 0.737. The Labute approximate surface area is 285 Å². The summed E-state index contributed by atoms with van der Waals surface area (Å²) in [4.78, 5) is 7.35. The highest BCUT2D eigenvalue weighted by Crippen LogP contribution is 2.40. The van der Waals surface area contributed by atoms with Crippen LogP contribution in [0.1, 0.15) is 0 Å². The monoisotopic (exact) mass is 633 g/mol. The molecule has 1 heterocycles. The van der Waals surface area contributed by atoms with Crippen LogP contribution in [-0.2, 0) is 0 Å². The zero-order valence-corrected chi connectivity index (χ0v) is 27.0. The zero-order chi connectivity index (χ0) is 32.1. The van der Waals surface area contributed by atoms with Gasteiger partial charge in [-0.05, 0) is 87.4 Å². The van der Waals surface area contributed by atoms with Gasteiger partial charge in [0.15, 0.2) is 5.82 Å². The van der Waals surface area contributed by atoms with Gasteiger partial charge < -0.3 is 4.90 Å². The third-order valence-electron chi connectivity index (χ3n) is 8.43. The van der Waals surface area contributed by atoms with Gasteiger partial charge in [0.1, 0.15) is 5.01 Å². The summed E-state index contributed by atoms with van der Waals surface area (Å²) in [6.07, 6.45) is 0. The molecule has 3 nitrogen and oxygen atoms in total. The van der Waals surface area contributed by atoms with Gasteiger partial charge in [0.25, 0.3) is 0 Å². The quantitative estimate of drug-likeness (QED) is 0.167. The first-order chi connectivity index (χ1) is 23.8. The number of nitrogens with zero attached hydrogens (tertiary/aromatic N) is 3. The fraction of sp³-hybridized carbons (Fsp3) is 0. The predicted molar refractivity (Wildman–Crippen MR) is 202 cm³/mol. The van der Waals surface area contributed by atoms with Crippen molar-refractivity contribution in [3.05, 3.63) is 188 Å². The zero-order valence-electron chi connectivity index (χ0n) is 26.1. The minimum absolute atomic E-state index is 0.737. The average molecular weight is 634 g/mol. The van der Waals surface area contributed by atoms with E-state index in [2.05, 4.69) is 187 Å². The Kier molecular flexibility index (Phi) is 8.14. The van der Waals surface area contributed by atoms with Crippen LogP contribution in [0.2, 0.25) is 0 Å². The Bertz CT molecular complexity index is 2210. The molecular formula is C44H31N3S. The first-order valence-corrected chi connectivity index (χ1v) is 16.8. The third-order valence-corrected chi connectivity index (χ3v) is 9.19. The molecule has 0 atom stereocenters. The summed E-state index contributed by atoms with van der Waals surface area (Å²) in [6.45, 7) is 0. The molecular weight excluding hydrogens is 603 g/mol. The molecule has 8 aromatic rings. The summed E-state index contributed by atoms with van der Waals surface area (Å²) in [7, 11) is 0. The van der Waals surface area contributed by atoms with Crippen LogP contribution >= 0.6 is 11.5 Å². The van der Waals surface area contributed by atoms with E-state index >= 15 is 0 Å². The van der Waals surface area contributed by atoms with Crippen molar-refractivity contribution >= 4 is 28.6 Å². The number of hydrogen-bond donors (Lipinski definition) is 0. The number of aromatic nitrogens is 2. The van der Waals surface area contributed by atoms with Gasteiger partial charge in [0.05, 0.1) is 0 Å². The summed E-state index contributed by atoms with van der Waals surface area (Å²) in [5.41, 5.74) is 12.3. The van der Waals surface area contributed by atoms with Gasteiger partial charge in [-0.15, -0.1) is 0 Å². The molecule has 8 rings (SSSR count). The molecule has 0 aliphatic heterocycles. The van der Waals surface area contributed by atoms with E-state index in [0.29, 0.717) is 0 Å². The second kappa shape index (κ2) is 13.3. The Balaban J connectivity index is 1.19. The minimum Gasteiger partial charge on any atom is -0.310 e. The third kappa shape index (κ3) is 6.17. The van der Waals surface area contributed by atoms with Crippen LogP contribution in [0.15, 0.2) is 188 Å². The van der Waals surface area contributed by atoms with Crippen molar-refractivity contribution in [3.8, 4) is 55.3 Å².